The number of halogens is 1. The Balaban J connectivity index is 1.13. The van der Waals surface area contributed by atoms with Crippen molar-refractivity contribution in [3.63, 3.8) is 0 Å². The average molecular weight is 453 g/mol. The lowest BCUT2D eigenvalue weighted by Crippen LogP contribution is -2.32. The van der Waals surface area contributed by atoms with E-state index < -0.39 is 0 Å². The van der Waals surface area contributed by atoms with E-state index in [0.717, 1.165) is 46.9 Å². The summed E-state index contributed by atoms with van der Waals surface area (Å²) in [6.07, 6.45) is 4.82. The molecule has 0 amide bonds. The van der Waals surface area contributed by atoms with Crippen molar-refractivity contribution in [2.45, 2.75) is 31.7 Å². The summed E-state index contributed by atoms with van der Waals surface area (Å²) in [5.74, 6) is 2.95. The van der Waals surface area contributed by atoms with Gasteiger partial charge in [-0.15, -0.1) is 21.5 Å². The Morgan fingerprint density at radius 3 is 2.62 bits per heavy atom. The van der Waals surface area contributed by atoms with E-state index in [-0.39, 0.29) is 5.82 Å². The lowest BCUT2D eigenvalue weighted by Gasteiger charge is -2.27. The van der Waals surface area contributed by atoms with E-state index in [4.69, 9.17) is 4.74 Å². The first-order chi connectivity index (χ1) is 15.7. The van der Waals surface area contributed by atoms with Crippen LogP contribution < -0.4 is 5.32 Å². The number of nitrogens with zero attached hydrogens (tertiary/aromatic N) is 3. The molecule has 1 N–H and O–H groups in total. The number of anilines is 1. The molecular formula is C25H29FN4OS. The van der Waals surface area contributed by atoms with Crippen LogP contribution in [0.3, 0.4) is 0 Å². The fraction of sp³-hybridized carbons (Fsp3) is 0.520. The van der Waals surface area contributed by atoms with Crippen LogP contribution in [0.1, 0.15) is 25.7 Å². The summed E-state index contributed by atoms with van der Waals surface area (Å²) < 4.78 is 20.9. The van der Waals surface area contributed by atoms with Crippen molar-refractivity contribution in [2.75, 3.05) is 38.2 Å². The molecule has 32 heavy (non-hydrogen) atoms. The fourth-order valence-corrected chi connectivity index (χ4v) is 6.82. The Hall–Kier alpha value is -2.09. The number of aromatic nitrogens is 2. The molecule has 1 aromatic carbocycles. The van der Waals surface area contributed by atoms with E-state index in [9.17, 15) is 4.39 Å². The van der Waals surface area contributed by atoms with Crippen LogP contribution in [-0.4, -0.2) is 54.0 Å². The maximum absolute atomic E-state index is 14.4. The normalized spacial score (nSPS) is 26.6. The van der Waals surface area contributed by atoms with E-state index in [0.29, 0.717) is 17.3 Å². The molecule has 168 valence electrons. The highest BCUT2D eigenvalue weighted by molar-refractivity contribution is 7.17. The average Bonchev–Trinajstić information content (AvgIpc) is 3.51. The molecule has 7 heteroatoms. The summed E-state index contributed by atoms with van der Waals surface area (Å²) in [6, 6.07) is 9.26. The molecule has 3 aromatic rings. The van der Waals surface area contributed by atoms with Gasteiger partial charge < -0.3 is 15.0 Å². The second-order valence-corrected chi connectivity index (χ2v) is 10.6. The van der Waals surface area contributed by atoms with Gasteiger partial charge in [-0.3, -0.25) is 0 Å². The number of ether oxygens (including phenoxy) is 1. The SMILES string of the molecule is Fc1ccccc1-c1nnc(NC2CC3CN(CC4CCOCC4)C[C@H]3C2)c2sccc12. The molecule has 2 aliphatic heterocycles. The van der Waals surface area contributed by atoms with Crippen LogP contribution in [0.4, 0.5) is 10.2 Å². The fourth-order valence-electron chi connectivity index (χ4n) is 5.98. The summed E-state index contributed by atoms with van der Waals surface area (Å²) in [5.41, 5.74) is 1.13. The number of hydrogen-bond donors (Lipinski definition) is 1. The molecule has 1 aliphatic carbocycles. The van der Waals surface area contributed by atoms with Gasteiger partial charge in [0.15, 0.2) is 5.82 Å². The van der Waals surface area contributed by atoms with Crippen LogP contribution in [0.5, 0.6) is 0 Å². The molecule has 3 atom stereocenters. The van der Waals surface area contributed by atoms with Gasteiger partial charge in [-0.25, -0.2) is 4.39 Å². The highest BCUT2D eigenvalue weighted by atomic mass is 32.1. The van der Waals surface area contributed by atoms with Gasteiger partial charge >= 0.3 is 0 Å². The van der Waals surface area contributed by atoms with E-state index >= 15 is 0 Å². The van der Waals surface area contributed by atoms with Gasteiger partial charge in [-0.05, 0) is 67.0 Å². The van der Waals surface area contributed by atoms with Gasteiger partial charge in [0, 0.05) is 49.8 Å². The monoisotopic (exact) mass is 452 g/mol. The van der Waals surface area contributed by atoms with Gasteiger partial charge in [-0.2, -0.15) is 0 Å². The molecule has 0 bridgehead atoms. The number of fused-ring (bicyclic) bond motifs is 2. The van der Waals surface area contributed by atoms with Gasteiger partial charge in [0.1, 0.15) is 11.5 Å². The quantitative estimate of drug-likeness (QED) is 0.587. The Morgan fingerprint density at radius 2 is 1.84 bits per heavy atom. The maximum Gasteiger partial charge on any atom is 0.166 e. The first kappa shape index (κ1) is 20.5. The molecule has 2 unspecified atom stereocenters. The van der Waals surface area contributed by atoms with Crippen LogP contribution >= 0.6 is 11.3 Å². The van der Waals surface area contributed by atoms with E-state index in [1.807, 2.05) is 17.5 Å². The Morgan fingerprint density at radius 1 is 1.06 bits per heavy atom. The number of rotatable bonds is 5. The first-order valence-electron chi connectivity index (χ1n) is 11.8. The molecule has 4 heterocycles. The number of hydrogen-bond acceptors (Lipinski definition) is 6. The van der Waals surface area contributed by atoms with Crippen LogP contribution in [0.25, 0.3) is 21.3 Å². The van der Waals surface area contributed by atoms with Gasteiger partial charge in [-0.1, -0.05) is 12.1 Å². The third kappa shape index (κ3) is 3.91. The number of likely N-dealkylation sites (tertiary alicyclic amines) is 1. The van der Waals surface area contributed by atoms with Crippen molar-refractivity contribution < 1.29 is 9.13 Å². The van der Waals surface area contributed by atoms with Crippen molar-refractivity contribution in [1.29, 1.82) is 0 Å². The summed E-state index contributed by atoms with van der Waals surface area (Å²) >= 11 is 1.65. The molecule has 2 aromatic heterocycles. The zero-order valence-electron chi connectivity index (χ0n) is 18.2. The molecule has 3 aliphatic rings. The van der Waals surface area contributed by atoms with Crippen molar-refractivity contribution in [2.24, 2.45) is 17.8 Å². The summed E-state index contributed by atoms with van der Waals surface area (Å²) in [5, 5.41) is 15.7. The van der Waals surface area contributed by atoms with Gasteiger partial charge in [0.25, 0.3) is 0 Å². The van der Waals surface area contributed by atoms with Gasteiger partial charge in [0.05, 0.1) is 4.70 Å². The minimum Gasteiger partial charge on any atom is -0.381 e. The summed E-state index contributed by atoms with van der Waals surface area (Å²) in [7, 11) is 0. The van der Waals surface area contributed by atoms with E-state index in [2.05, 4.69) is 20.4 Å². The lowest BCUT2D eigenvalue weighted by atomic mass is 10.00. The molecule has 0 spiro atoms. The molecule has 3 fully saturated rings. The number of nitrogens with one attached hydrogen (secondary N) is 1. The predicted molar refractivity (Wildman–Crippen MR) is 126 cm³/mol. The van der Waals surface area contributed by atoms with Crippen LogP contribution in [0.15, 0.2) is 35.7 Å². The molecule has 2 saturated heterocycles. The number of benzene rings is 1. The van der Waals surface area contributed by atoms with Crippen LogP contribution in [0.2, 0.25) is 0 Å². The predicted octanol–water partition coefficient (Wildman–Crippen LogP) is 5.05. The maximum atomic E-state index is 14.4. The Bertz CT molecular complexity index is 1080. The highest BCUT2D eigenvalue weighted by Gasteiger charge is 2.41. The van der Waals surface area contributed by atoms with Crippen molar-refractivity contribution in [3.8, 4) is 11.3 Å². The molecule has 5 nitrogen and oxygen atoms in total. The van der Waals surface area contributed by atoms with Crippen molar-refractivity contribution in [3.05, 3.63) is 41.5 Å². The summed E-state index contributed by atoms with van der Waals surface area (Å²) in [4.78, 5) is 2.70. The molecule has 0 radical (unpaired) electrons. The third-order valence-electron chi connectivity index (χ3n) is 7.54. The minimum absolute atomic E-state index is 0.260. The standard InChI is InChI=1S/C25H29FN4OS/c26-22-4-2-1-3-20(22)23-21-7-10-32-24(21)25(29-28-23)27-19-11-17-14-30(15-18(17)12-19)13-16-5-8-31-9-6-16/h1-4,7,10,16-19H,5-6,8-9,11-15H2,(H,27,29)/t17-,18?,19?/m1/s1. The molecule has 1 saturated carbocycles. The minimum atomic E-state index is -0.260. The highest BCUT2D eigenvalue weighted by Crippen LogP contribution is 2.41. The van der Waals surface area contributed by atoms with Crippen molar-refractivity contribution >= 4 is 27.2 Å². The largest absolute Gasteiger partial charge is 0.381 e. The zero-order chi connectivity index (χ0) is 21.5. The second-order valence-electron chi connectivity index (χ2n) is 9.65. The second kappa shape index (κ2) is 8.69. The van der Waals surface area contributed by atoms with Crippen LogP contribution in [0, 0.1) is 23.6 Å². The Labute approximate surface area is 192 Å². The van der Waals surface area contributed by atoms with Crippen molar-refractivity contribution in [1.82, 2.24) is 15.1 Å². The topological polar surface area (TPSA) is 50.3 Å². The van der Waals surface area contributed by atoms with E-state index in [1.54, 1.807) is 23.5 Å². The first-order valence-corrected chi connectivity index (χ1v) is 12.7. The van der Waals surface area contributed by atoms with Crippen LogP contribution in [-0.2, 0) is 4.74 Å². The molecule has 6 rings (SSSR count). The van der Waals surface area contributed by atoms with Gasteiger partial charge in [0.2, 0.25) is 0 Å². The van der Waals surface area contributed by atoms with E-state index in [1.165, 1.54) is 51.4 Å². The zero-order valence-corrected chi connectivity index (χ0v) is 19.0. The Kier molecular flexibility index (Phi) is 5.57. The molecular weight excluding hydrogens is 423 g/mol. The smallest absolute Gasteiger partial charge is 0.166 e. The lowest BCUT2D eigenvalue weighted by molar-refractivity contribution is 0.0545. The summed E-state index contributed by atoms with van der Waals surface area (Å²) in [6.45, 7) is 5.57. The number of thiophene rings is 1. The third-order valence-corrected chi connectivity index (χ3v) is 8.46.